The highest BCUT2D eigenvalue weighted by atomic mass is 16.4. The Morgan fingerprint density at radius 1 is 0.380 bits per heavy atom. The summed E-state index contributed by atoms with van der Waals surface area (Å²) in [6.45, 7) is 0. The molecule has 0 aliphatic heterocycles. The third kappa shape index (κ3) is 3.98. The van der Waals surface area contributed by atoms with Gasteiger partial charge < -0.3 is 18.2 Å². The molecule has 0 saturated carbocycles. The van der Waals surface area contributed by atoms with Crippen LogP contribution in [0.25, 0.3) is 88.3 Å². The fourth-order valence-electron chi connectivity index (χ4n) is 7.58. The lowest BCUT2D eigenvalue weighted by Crippen LogP contribution is -2.10. The predicted octanol–water partition coefficient (Wildman–Crippen LogP) is 13.0. The third-order valence-electron chi connectivity index (χ3n) is 9.82. The van der Waals surface area contributed by atoms with E-state index in [9.17, 15) is 0 Å². The maximum atomic E-state index is 6.67. The Labute approximate surface area is 285 Å². The molecule has 0 atom stereocenters. The van der Waals surface area contributed by atoms with Gasteiger partial charge in [-0.1, -0.05) is 91.0 Å². The van der Waals surface area contributed by atoms with Crippen molar-refractivity contribution < 1.29 is 13.3 Å². The van der Waals surface area contributed by atoms with E-state index < -0.39 is 0 Å². The lowest BCUT2D eigenvalue weighted by molar-refractivity contribution is 0.623. The normalized spacial score (nSPS) is 12.0. The molecule has 8 aromatic carbocycles. The minimum absolute atomic E-state index is 0.594. The number of nitrogens with zero attached hydrogens (tertiary/aromatic N) is 2. The topological polar surface area (TPSA) is 55.6 Å². The summed E-state index contributed by atoms with van der Waals surface area (Å²) >= 11 is 0. The molecule has 0 aliphatic rings. The zero-order valence-electron chi connectivity index (χ0n) is 26.6. The monoisotopic (exact) mass is 642 g/mol. The van der Waals surface area contributed by atoms with Gasteiger partial charge in [0.15, 0.2) is 5.58 Å². The Bertz CT molecular complexity index is 3040. The Morgan fingerprint density at radius 3 is 1.90 bits per heavy atom. The van der Waals surface area contributed by atoms with Crippen LogP contribution < -0.4 is 4.90 Å². The van der Waals surface area contributed by atoms with Gasteiger partial charge in [0.1, 0.15) is 27.8 Å². The van der Waals surface area contributed by atoms with Gasteiger partial charge in [-0.3, -0.25) is 0 Å². The molecule has 3 aromatic heterocycles. The average Bonchev–Trinajstić information content (AvgIpc) is 3.89. The van der Waals surface area contributed by atoms with Gasteiger partial charge >= 0.3 is 0 Å². The molecule has 11 rings (SSSR count). The van der Waals surface area contributed by atoms with Gasteiger partial charge in [-0.2, -0.15) is 0 Å². The van der Waals surface area contributed by atoms with Crippen molar-refractivity contribution in [2.45, 2.75) is 0 Å². The first-order chi connectivity index (χ1) is 24.8. The van der Waals surface area contributed by atoms with Crippen molar-refractivity contribution in [3.63, 3.8) is 0 Å². The van der Waals surface area contributed by atoms with Crippen LogP contribution in [0.1, 0.15) is 0 Å². The number of furan rings is 2. The standard InChI is InChI=1S/C45H26N2O3/c1-3-11-27(12-4-1)29-15-9-16-30(23-29)47(31-21-22-34-33-17-7-8-19-37(33)48-39(34)25-31)32-24-36-42-40(26-32)49-38-20-10-18-35(41(38)42)43-44(36)50-45(46-43)28-13-5-2-6-14-28/h1-26H. The van der Waals surface area contributed by atoms with Crippen molar-refractivity contribution in [3.05, 3.63) is 158 Å². The van der Waals surface area contributed by atoms with E-state index in [0.29, 0.717) is 5.89 Å². The molecular weight excluding hydrogens is 617 g/mol. The number of oxazole rings is 1. The number of para-hydroxylation sites is 1. The second-order valence-electron chi connectivity index (χ2n) is 12.7. The van der Waals surface area contributed by atoms with Crippen molar-refractivity contribution in [2.24, 2.45) is 0 Å². The van der Waals surface area contributed by atoms with Gasteiger partial charge in [0.05, 0.1) is 5.69 Å². The molecule has 11 aromatic rings. The number of hydrogen-bond acceptors (Lipinski definition) is 5. The number of aromatic nitrogens is 1. The molecular formula is C45H26N2O3. The van der Waals surface area contributed by atoms with E-state index in [2.05, 4.69) is 95.9 Å². The second-order valence-corrected chi connectivity index (χ2v) is 12.7. The highest BCUT2D eigenvalue weighted by Crippen LogP contribution is 2.47. The molecule has 234 valence electrons. The molecule has 50 heavy (non-hydrogen) atoms. The second kappa shape index (κ2) is 10.3. The summed E-state index contributed by atoms with van der Waals surface area (Å²) < 4.78 is 19.7. The molecule has 0 amide bonds. The maximum absolute atomic E-state index is 6.67. The van der Waals surface area contributed by atoms with Crippen LogP contribution in [0.5, 0.6) is 0 Å². The first-order valence-electron chi connectivity index (χ1n) is 16.7. The van der Waals surface area contributed by atoms with Crippen molar-refractivity contribution in [3.8, 4) is 22.6 Å². The van der Waals surface area contributed by atoms with Crippen LogP contribution in [0.2, 0.25) is 0 Å². The van der Waals surface area contributed by atoms with Gasteiger partial charge in [-0.25, -0.2) is 4.98 Å². The molecule has 0 unspecified atom stereocenters. The molecule has 5 heteroatoms. The summed E-state index contributed by atoms with van der Waals surface area (Å²) in [7, 11) is 0. The number of benzene rings is 8. The van der Waals surface area contributed by atoms with E-state index in [4.69, 9.17) is 18.2 Å². The van der Waals surface area contributed by atoms with Gasteiger partial charge in [-0.05, 0) is 65.7 Å². The van der Waals surface area contributed by atoms with E-state index in [1.165, 1.54) is 0 Å². The quantitative estimate of drug-likeness (QED) is 0.175. The lowest BCUT2D eigenvalue weighted by atomic mass is 9.99. The lowest BCUT2D eigenvalue weighted by Gasteiger charge is -2.26. The Morgan fingerprint density at radius 2 is 1.02 bits per heavy atom. The summed E-state index contributed by atoms with van der Waals surface area (Å²) in [5.41, 5.74) is 11.0. The molecule has 0 fully saturated rings. The average molecular weight is 643 g/mol. The molecule has 0 spiro atoms. The van der Waals surface area contributed by atoms with Crippen molar-refractivity contribution in [1.82, 2.24) is 4.98 Å². The van der Waals surface area contributed by atoms with Crippen molar-refractivity contribution >= 4 is 82.8 Å². The summed E-state index contributed by atoms with van der Waals surface area (Å²) in [6, 6.07) is 54.3. The van der Waals surface area contributed by atoms with Crippen molar-refractivity contribution in [2.75, 3.05) is 4.90 Å². The van der Waals surface area contributed by atoms with Crippen molar-refractivity contribution in [1.29, 1.82) is 0 Å². The van der Waals surface area contributed by atoms with Crippen LogP contribution in [0.4, 0.5) is 17.1 Å². The van der Waals surface area contributed by atoms with E-state index in [-0.39, 0.29) is 0 Å². The number of rotatable bonds is 5. The molecule has 0 aliphatic carbocycles. The predicted molar refractivity (Wildman–Crippen MR) is 203 cm³/mol. The van der Waals surface area contributed by atoms with Gasteiger partial charge in [0.25, 0.3) is 0 Å². The first-order valence-corrected chi connectivity index (χ1v) is 16.7. The third-order valence-corrected chi connectivity index (χ3v) is 9.82. The molecule has 3 heterocycles. The molecule has 0 bridgehead atoms. The SMILES string of the molecule is c1ccc(-c2cccc(N(c3ccc4c(c3)oc3ccccc34)c3cc4oc5cccc6c7nc(-c8ccccc8)oc7c(c3)c4c56)c2)cc1. The highest BCUT2D eigenvalue weighted by molar-refractivity contribution is 6.32. The molecule has 0 saturated heterocycles. The van der Waals surface area contributed by atoms with E-state index in [1.807, 2.05) is 66.7 Å². The summed E-state index contributed by atoms with van der Waals surface area (Å²) in [4.78, 5) is 7.34. The van der Waals surface area contributed by atoms with E-state index in [1.54, 1.807) is 0 Å². The van der Waals surface area contributed by atoms with Crippen LogP contribution in [-0.4, -0.2) is 4.98 Å². The number of hydrogen-bond donors (Lipinski definition) is 0. The fraction of sp³-hybridized carbons (Fsp3) is 0. The van der Waals surface area contributed by atoms with Gasteiger partial charge in [0.2, 0.25) is 5.89 Å². The van der Waals surface area contributed by atoms with Gasteiger partial charge in [-0.15, -0.1) is 0 Å². The summed E-state index contributed by atoms with van der Waals surface area (Å²) in [5.74, 6) is 0.594. The van der Waals surface area contributed by atoms with E-state index in [0.717, 1.165) is 99.5 Å². The number of anilines is 3. The minimum atomic E-state index is 0.594. The molecule has 5 nitrogen and oxygen atoms in total. The smallest absolute Gasteiger partial charge is 0.227 e. The fourth-order valence-corrected chi connectivity index (χ4v) is 7.58. The zero-order chi connectivity index (χ0) is 32.8. The molecule has 0 N–H and O–H groups in total. The highest BCUT2D eigenvalue weighted by Gasteiger charge is 2.25. The zero-order valence-corrected chi connectivity index (χ0v) is 26.6. The van der Waals surface area contributed by atoms with Crippen LogP contribution in [0.3, 0.4) is 0 Å². The number of fused-ring (bicyclic) bond motifs is 6. The Balaban J connectivity index is 1.20. The van der Waals surface area contributed by atoms with Crippen LogP contribution in [-0.2, 0) is 0 Å². The van der Waals surface area contributed by atoms with E-state index >= 15 is 0 Å². The largest absolute Gasteiger partial charge is 0.456 e. The minimum Gasteiger partial charge on any atom is -0.456 e. The van der Waals surface area contributed by atoms with Crippen LogP contribution >= 0.6 is 0 Å². The van der Waals surface area contributed by atoms with Crippen LogP contribution in [0, 0.1) is 0 Å². The summed E-state index contributed by atoms with van der Waals surface area (Å²) in [6.07, 6.45) is 0. The summed E-state index contributed by atoms with van der Waals surface area (Å²) in [5, 5.41) is 6.25. The van der Waals surface area contributed by atoms with Crippen LogP contribution in [0.15, 0.2) is 171 Å². The molecule has 0 radical (unpaired) electrons. The Kier molecular flexibility index (Phi) is 5.60. The maximum Gasteiger partial charge on any atom is 0.227 e. The Hall–Kier alpha value is -6.85. The first kappa shape index (κ1) is 27.1. The van der Waals surface area contributed by atoms with Gasteiger partial charge in [0, 0.05) is 61.4 Å².